The lowest BCUT2D eigenvalue weighted by molar-refractivity contribution is -0.384. The third-order valence-electron chi connectivity index (χ3n) is 2.11. The van der Waals surface area contributed by atoms with Gasteiger partial charge in [-0.15, -0.1) is 0 Å². The van der Waals surface area contributed by atoms with Crippen LogP contribution >= 0.6 is 0 Å². The molecule has 1 heterocycles. The van der Waals surface area contributed by atoms with Crippen LogP contribution in [0.2, 0.25) is 0 Å². The molecule has 0 spiro atoms. The number of hydrogen-bond donors (Lipinski definition) is 1. The van der Waals surface area contributed by atoms with Crippen LogP contribution in [0, 0.1) is 21.4 Å². The fourth-order valence-electron chi connectivity index (χ4n) is 1.40. The summed E-state index contributed by atoms with van der Waals surface area (Å²) < 4.78 is 36.4. The molecular formula is C10H9F3N4O2. The minimum absolute atomic E-state index is 0.0410. The summed E-state index contributed by atoms with van der Waals surface area (Å²) in [4.78, 5) is 13.5. The van der Waals surface area contributed by atoms with Gasteiger partial charge in [0, 0.05) is 18.3 Å². The summed E-state index contributed by atoms with van der Waals surface area (Å²) in [5.74, 6) is -0.291. The Morgan fingerprint density at radius 1 is 1.63 bits per heavy atom. The molecule has 19 heavy (non-hydrogen) atoms. The van der Waals surface area contributed by atoms with Crippen molar-refractivity contribution in [3.05, 3.63) is 27.9 Å². The van der Waals surface area contributed by atoms with Crippen LogP contribution in [0.3, 0.4) is 0 Å². The van der Waals surface area contributed by atoms with Crippen LogP contribution in [0.15, 0.2) is 12.3 Å². The van der Waals surface area contributed by atoms with Gasteiger partial charge < -0.3 is 5.32 Å². The highest BCUT2D eigenvalue weighted by atomic mass is 19.4. The number of nitrogens with zero attached hydrogens (tertiary/aromatic N) is 3. The Morgan fingerprint density at radius 2 is 2.26 bits per heavy atom. The zero-order chi connectivity index (χ0) is 14.6. The topological polar surface area (TPSA) is 91.8 Å². The molecule has 9 heteroatoms. The molecule has 1 rings (SSSR count). The van der Waals surface area contributed by atoms with E-state index in [9.17, 15) is 23.3 Å². The number of nitro groups is 1. The van der Waals surface area contributed by atoms with Crippen molar-refractivity contribution in [2.45, 2.75) is 25.6 Å². The van der Waals surface area contributed by atoms with Gasteiger partial charge in [0.25, 0.3) is 0 Å². The smallest absolute Gasteiger partial charge is 0.362 e. The van der Waals surface area contributed by atoms with Gasteiger partial charge in [-0.2, -0.15) is 18.4 Å². The molecule has 1 atom stereocenters. The largest absolute Gasteiger partial charge is 0.391 e. The monoisotopic (exact) mass is 274 g/mol. The van der Waals surface area contributed by atoms with Gasteiger partial charge in [-0.1, -0.05) is 0 Å². The number of rotatable bonds is 4. The Hall–Kier alpha value is -2.37. The Labute approximate surface area is 106 Å². The van der Waals surface area contributed by atoms with E-state index >= 15 is 0 Å². The molecule has 0 aliphatic rings. The van der Waals surface area contributed by atoms with Crippen molar-refractivity contribution >= 4 is 11.5 Å². The molecule has 0 radical (unpaired) electrons. The van der Waals surface area contributed by atoms with Gasteiger partial charge >= 0.3 is 11.9 Å². The average molecular weight is 274 g/mol. The molecule has 0 aromatic carbocycles. The molecule has 102 valence electrons. The van der Waals surface area contributed by atoms with Crippen LogP contribution in [0.4, 0.5) is 24.7 Å². The van der Waals surface area contributed by atoms with E-state index in [1.54, 1.807) is 6.07 Å². The van der Waals surface area contributed by atoms with Crippen LogP contribution < -0.4 is 5.32 Å². The Bertz CT molecular complexity index is 524. The molecule has 0 saturated heterocycles. The molecule has 1 N–H and O–H groups in total. The van der Waals surface area contributed by atoms with Gasteiger partial charge in [-0.05, 0) is 6.92 Å². The van der Waals surface area contributed by atoms with E-state index in [1.165, 1.54) is 6.92 Å². The number of aromatic nitrogens is 1. The van der Waals surface area contributed by atoms with E-state index in [4.69, 9.17) is 5.26 Å². The second-order valence-electron chi connectivity index (χ2n) is 3.83. The minimum Gasteiger partial charge on any atom is -0.362 e. The van der Waals surface area contributed by atoms with Crippen molar-refractivity contribution in [1.29, 1.82) is 5.26 Å². The zero-order valence-corrected chi connectivity index (χ0v) is 9.73. The molecule has 1 aromatic rings. The van der Waals surface area contributed by atoms with Crippen LogP contribution in [-0.4, -0.2) is 22.1 Å². The number of hydrogen-bond acceptors (Lipinski definition) is 5. The van der Waals surface area contributed by atoms with Crippen LogP contribution in [0.5, 0.6) is 0 Å². The molecule has 1 aromatic heterocycles. The van der Waals surface area contributed by atoms with E-state index in [0.29, 0.717) is 0 Å². The maximum absolute atomic E-state index is 12.1. The van der Waals surface area contributed by atoms with E-state index < -0.39 is 29.2 Å². The first kappa shape index (κ1) is 14.7. The number of nitrogens with one attached hydrogen (secondary N) is 1. The first-order chi connectivity index (χ1) is 8.73. The highest BCUT2D eigenvalue weighted by molar-refractivity contribution is 5.58. The molecule has 0 aliphatic heterocycles. The standard InChI is InChI=1S/C10H9F3N4O2/c1-6(3-10(11,12)13)16-9-8(17(18)19)2-7(4-14)5-15-9/h2,5-6H,3H2,1H3,(H,15,16). The maximum atomic E-state index is 12.1. The summed E-state index contributed by atoms with van der Waals surface area (Å²) in [6, 6.07) is 1.55. The van der Waals surface area contributed by atoms with Gasteiger partial charge in [0.05, 0.1) is 16.9 Å². The van der Waals surface area contributed by atoms with Gasteiger partial charge in [0.15, 0.2) is 0 Å². The fourth-order valence-corrected chi connectivity index (χ4v) is 1.40. The predicted octanol–water partition coefficient (Wildman–Crippen LogP) is 2.61. The number of pyridine rings is 1. The summed E-state index contributed by atoms with van der Waals surface area (Å²) in [5, 5.41) is 21.7. The van der Waals surface area contributed by atoms with Crippen LogP contribution in [-0.2, 0) is 0 Å². The molecule has 1 unspecified atom stereocenters. The lowest BCUT2D eigenvalue weighted by Gasteiger charge is -2.16. The minimum atomic E-state index is -4.38. The summed E-state index contributed by atoms with van der Waals surface area (Å²) in [6.45, 7) is 1.23. The van der Waals surface area contributed by atoms with Gasteiger partial charge in [0.2, 0.25) is 5.82 Å². The molecular weight excluding hydrogens is 265 g/mol. The Morgan fingerprint density at radius 3 is 2.74 bits per heavy atom. The molecule has 0 saturated carbocycles. The number of halogens is 3. The van der Waals surface area contributed by atoms with Crippen molar-refractivity contribution in [1.82, 2.24) is 4.98 Å². The molecule has 0 aliphatic carbocycles. The summed E-state index contributed by atoms with van der Waals surface area (Å²) in [7, 11) is 0. The highest BCUT2D eigenvalue weighted by Gasteiger charge is 2.31. The van der Waals surface area contributed by atoms with E-state index in [-0.39, 0.29) is 11.4 Å². The second kappa shape index (κ2) is 5.51. The lowest BCUT2D eigenvalue weighted by atomic mass is 10.2. The molecule has 0 bridgehead atoms. The molecule has 6 nitrogen and oxygen atoms in total. The summed E-state index contributed by atoms with van der Waals surface area (Å²) in [5.41, 5.74) is -0.575. The highest BCUT2D eigenvalue weighted by Crippen LogP contribution is 2.27. The fraction of sp³-hybridized carbons (Fsp3) is 0.400. The van der Waals surface area contributed by atoms with Crippen molar-refractivity contribution < 1.29 is 18.1 Å². The van der Waals surface area contributed by atoms with Crippen molar-refractivity contribution in [3.8, 4) is 6.07 Å². The zero-order valence-electron chi connectivity index (χ0n) is 9.73. The van der Waals surface area contributed by atoms with Crippen LogP contribution in [0.1, 0.15) is 18.9 Å². The van der Waals surface area contributed by atoms with Crippen molar-refractivity contribution in [3.63, 3.8) is 0 Å². The first-order valence-corrected chi connectivity index (χ1v) is 5.10. The SMILES string of the molecule is CC(CC(F)(F)F)Nc1ncc(C#N)cc1[N+](=O)[O-]. The number of nitriles is 1. The first-order valence-electron chi connectivity index (χ1n) is 5.10. The van der Waals surface area contributed by atoms with Gasteiger partial charge in [-0.3, -0.25) is 10.1 Å². The number of anilines is 1. The Kier molecular flexibility index (Phi) is 4.26. The van der Waals surface area contributed by atoms with Crippen LogP contribution in [0.25, 0.3) is 0 Å². The van der Waals surface area contributed by atoms with Crippen molar-refractivity contribution in [2.75, 3.05) is 5.32 Å². The van der Waals surface area contributed by atoms with E-state index in [1.807, 2.05) is 0 Å². The second-order valence-corrected chi connectivity index (χ2v) is 3.83. The quantitative estimate of drug-likeness (QED) is 0.673. The normalized spacial score (nSPS) is 12.6. The summed E-state index contributed by atoms with van der Waals surface area (Å²) in [6.07, 6.45) is -4.48. The average Bonchev–Trinajstić information content (AvgIpc) is 2.26. The summed E-state index contributed by atoms with van der Waals surface area (Å²) >= 11 is 0. The van der Waals surface area contributed by atoms with Crippen molar-refractivity contribution in [2.24, 2.45) is 0 Å². The van der Waals surface area contributed by atoms with E-state index in [2.05, 4.69) is 10.3 Å². The van der Waals surface area contributed by atoms with Gasteiger partial charge in [-0.25, -0.2) is 4.98 Å². The predicted molar refractivity (Wildman–Crippen MR) is 59.4 cm³/mol. The van der Waals surface area contributed by atoms with E-state index in [0.717, 1.165) is 12.3 Å². The van der Waals surface area contributed by atoms with Gasteiger partial charge in [0.1, 0.15) is 6.07 Å². The third-order valence-corrected chi connectivity index (χ3v) is 2.11. The lowest BCUT2D eigenvalue weighted by Crippen LogP contribution is -2.24. The Balaban J connectivity index is 2.95. The number of alkyl halides is 3. The molecule has 0 amide bonds. The molecule has 0 fully saturated rings. The third kappa shape index (κ3) is 4.42. The maximum Gasteiger partial charge on any atom is 0.391 e.